The summed E-state index contributed by atoms with van der Waals surface area (Å²) in [4.78, 5) is 8.28. The van der Waals surface area contributed by atoms with Gasteiger partial charge in [-0.15, -0.1) is 0 Å². The van der Waals surface area contributed by atoms with Crippen LogP contribution in [0.2, 0.25) is 0 Å². The lowest BCUT2D eigenvalue weighted by Gasteiger charge is -1.99. The van der Waals surface area contributed by atoms with Crippen LogP contribution in [0.4, 0.5) is 0 Å². The van der Waals surface area contributed by atoms with E-state index in [-0.39, 0.29) is 0 Å². The van der Waals surface area contributed by atoms with Crippen LogP contribution < -0.4 is 0 Å². The second-order valence-corrected chi connectivity index (χ2v) is 3.35. The second-order valence-electron chi connectivity index (χ2n) is 2.53. The monoisotopic (exact) mass is 180 g/mol. The van der Waals surface area contributed by atoms with Crippen LogP contribution in [0.5, 0.6) is 0 Å². The topological polar surface area (TPSA) is 46.5 Å². The third-order valence-corrected chi connectivity index (χ3v) is 1.92. The van der Waals surface area contributed by atoms with E-state index >= 15 is 0 Å². The van der Waals surface area contributed by atoms with E-state index in [4.69, 9.17) is 4.89 Å². The van der Waals surface area contributed by atoms with E-state index in [0.717, 1.165) is 12.8 Å². The molecule has 11 heavy (non-hydrogen) atoms. The Kier molecular flexibility index (Phi) is 8.36. The first-order valence-corrected chi connectivity index (χ1v) is 5.39. The Morgan fingerprint density at radius 3 is 2.45 bits per heavy atom. The minimum absolute atomic E-state index is 0.429. The summed E-state index contributed by atoms with van der Waals surface area (Å²) in [7, 11) is -2.68. The van der Waals surface area contributed by atoms with E-state index in [9.17, 15) is 4.57 Å². The van der Waals surface area contributed by atoms with E-state index in [1.54, 1.807) is 0 Å². The lowest BCUT2D eigenvalue weighted by Crippen LogP contribution is -1.86. The fraction of sp³-hybridized carbons (Fsp3) is 1.00. The molecule has 0 aliphatic carbocycles. The molecular formula is C7H17O3P. The maximum Gasteiger partial charge on any atom is 0.316 e. The smallest absolute Gasteiger partial charge is 0.316 e. The molecule has 0 aliphatic heterocycles. The van der Waals surface area contributed by atoms with Crippen molar-refractivity contribution in [1.29, 1.82) is 0 Å². The van der Waals surface area contributed by atoms with Crippen molar-refractivity contribution < 1.29 is 14.0 Å². The highest BCUT2D eigenvalue weighted by Crippen LogP contribution is 2.15. The van der Waals surface area contributed by atoms with Gasteiger partial charge in [0.1, 0.15) is 0 Å². The van der Waals surface area contributed by atoms with Gasteiger partial charge in [-0.2, -0.15) is 0 Å². The number of hydrogen-bond acceptors (Lipinski definition) is 2. The van der Waals surface area contributed by atoms with Crippen molar-refractivity contribution in [1.82, 2.24) is 0 Å². The molecule has 4 heteroatoms. The molecule has 0 spiro atoms. The summed E-state index contributed by atoms with van der Waals surface area (Å²) < 4.78 is 14.6. The lowest BCUT2D eigenvalue weighted by atomic mass is 10.2. The molecule has 0 radical (unpaired) electrons. The zero-order valence-electron chi connectivity index (χ0n) is 7.01. The standard InChI is InChI=1S/C7H17O3P/c1-2-3-4-5-6-7-10-11(8)9/h11H,2-7H2,1H3,(H,8,9). The Bertz CT molecular complexity index is 106. The first kappa shape index (κ1) is 11.2. The fourth-order valence-corrected chi connectivity index (χ4v) is 1.18. The Balaban J connectivity index is 2.85. The largest absolute Gasteiger partial charge is 0.326 e. The van der Waals surface area contributed by atoms with Gasteiger partial charge in [0.25, 0.3) is 0 Å². The van der Waals surface area contributed by atoms with Crippen LogP contribution in [0.15, 0.2) is 0 Å². The second kappa shape index (κ2) is 8.25. The van der Waals surface area contributed by atoms with Crippen LogP contribution in [0.25, 0.3) is 0 Å². The van der Waals surface area contributed by atoms with Crippen LogP contribution in [-0.2, 0) is 9.09 Å². The van der Waals surface area contributed by atoms with Crippen molar-refractivity contribution >= 4 is 8.25 Å². The average Bonchev–Trinajstić information content (AvgIpc) is 1.96. The summed E-state index contributed by atoms with van der Waals surface area (Å²) in [6.45, 7) is 2.58. The molecule has 0 saturated heterocycles. The third-order valence-electron chi connectivity index (χ3n) is 1.47. The molecule has 68 valence electrons. The van der Waals surface area contributed by atoms with E-state index < -0.39 is 8.25 Å². The maximum absolute atomic E-state index is 10.1. The molecule has 0 aliphatic rings. The predicted molar refractivity (Wildman–Crippen MR) is 45.9 cm³/mol. The molecule has 0 saturated carbocycles. The number of hydrogen-bond donors (Lipinski definition) is 1. The molecule has 1 atom stereocenters. The lowest BCUT2D eigenvalue weighted by molar-refractivity contribution is 0.273. The Morgan fingerprint density at radius 2 is 1.91 bits per heavy atom. The van der Waals surface area contributed by atoms with Crippen molar-refractivity contribution in [3.8, 4) is 0 Å². The van der Waals surface area contributed by atoms with Gasteiger partial charge in [0.2, 0.25) is 0 Å². The Hall–Kier alpha value is 0.150. The highest BCUT2D eigenvalue weighted by atomic mass is 31.1. The van der Waals surface area contributed by atoms with Crippen molar-refractivity contribution in [2.24, 2.45) is 0 Å². The van der Waals surface area contributed by atoms with Gasteiger partial charge in [0.05, 0.1) is 6.61 Å². The summed E-state index contributed by atoms with van der Waals surface area (Å²) in [5, 5.41) is 0. The van der Waals surface area contributed by atoms with Crippen molar-refractivity contribution in [2.45, 2.75) is 39.0 Å². The molecule has 0 rings (SSSR count). The molecule has 0 aromatic carbocycles. The van der Waals surface area contributed by atoms with Gasteiger partial charge < -0.3 is 9.42 Å². The molecule has 0 fully saturated rings. The minimum Gasteiger partial charge on any atom is -0.326 e. The summed E-state index contributed by atoms with van der Waals surface area (Å²) in [5.41, 5.74) is 0. The van der Waals surface area contributed by atoms with E-state index in [1.165, 1.54) is 19.3 Å². The molecule has 0 aromatic rings. The van der Waals surface area contributed by atoms with Gasteiger partial charge >= 0.3 is 8.25 Å². The molecule has 0 bridgehead atoms. The van der Waals surface area contributed by atoms with Crippen LogP contribution in [0, 0.1) is 0 Å². The van der Waals surface area contributed by atoms with Gasteiger partial charge in [-0.05, 0) is 6.42 Å². The van der Waals surface area contributed by atoms with E-state index in [1.807, 2.05) is 0 Å². The van der Waals surface area contributed by atoms with E-state index in [2.05, 4.69) is 11.4 Å². The van der Waals surface area contributed by atoms with Crippen LogP contribution in [-0.4, -0.2) is 11.5 Å². The van der Waals surface area contributed by atoms with Gasteiger partial charge in [-0.1, -0.05) is 32.6 Å². The summed E-state index contributed by atoms with van der Waals surface area (Å²) in [6, 6.07) is 0. The summed E-state index contributed by atoms with van der Waals surface area (Å²) >= 11 is 0. The number of unbranched alkanes of at least 4 members (excludes halogenated alkanes) is 4. The number of rotatable bonds is 7. The van der Waals surface area contributed by atoms with Gasteiger partial charge in [0.15, 0.2) is 0 Å². The fourth-order valence-electron chi connectivity index (χ4n) is 0.865. The Labute approximate surface area is 68.7 Å². The average molecular weight is 180 g/mol. The van der Waals surface area contributed by atoms with Crippen LogP contribution in [0.3, 0.4) is 0 Å². The molecule has 1 N–H and O–H groups in total. The molecule has 0 amide bonds. The zero-order valence-corrected chi connectivity index (χ0v) is 8.01. The Morgan fingerprint density at radius 1 is 1.27 bits per heavy atom. The zero-order chi connectivity index (χ0) is 8.53. The normalized spacial score (nSPS) is 13.3. The molecule has 1 unspecified atom stereocenters. The predicted octanol–water partition coefficient (Wildman–Crippen LogP) is 2.36. The first-order chi connectivity index (χ1) is 5.27. The van der Waals surface area contributed by atoms with Gasteiger partial charge in [0, 0.05) is 0 Å². The minimum atomic E-state index is -2.68. The molecule has 0 aromatic heterocycles. The van der Waals surface area contributed by atoms with E-state index in [0.29, 0.717) is 6.61 Å². The summed E-state index contributed by atoms with van der Waals surface area (Å²) in [6.07, 6.45) is 5.66. The highest BCUT2D eigenvalue weighted by molar-refractivity contribution is 7.32. The highest BCUT2D eigenvalue weighted by Gasteiger charge is 1.91. The van der Waals surface area contributed by atoms with Crippen molar-refractivity contribution in [3.05, 3.63) is 0 Å². The third kappa shape index (κ3) is 10.2. The maximum atomic E-state index is 10.1. The first-order valence-electron chi connectivity index (χ1n) is 4.13. The van der Waals surface area contributed by atoms with Crippen LogP contribution >= 0.6 is 8.25 Å². The van der Waals surface area contributed by atoms with Gasteiger partial charge in [-0.25, -0.2) is 0 Å². The van der Waals surface area contributed by atoms with Crippen LogP contribution in [0.1, 0.15) is 39.0 Å². The van der Waals surface area contributed by atoms with Crippen molar-refractivity contribution in [2.75, 3.05) is 6.61 Å². The molecule has 3 nitrogen and oxygen atoms in total. The van der Waals surface area contributed by atoms with Gasteiger partial charge in [-0.3, -0.25) is 4.57 Å². The quantitative estimate of drug-likeness (QED) is 0.483. The summed E-state index contributed by atoms with van der Waals surface area (Å²) in [5.74, 6) is 0. The molecular weight excluding hydrogens is 163 g/mol. The van der Waals surface area contributed by atoms with Crippen molar-refractivity contribution in [3.63, 3.8) is 0 Å². The SMILES string of the molecule is CCCCCCCO[PH](=O)O. The molecule has 0 heterocycles.